The molecule has 1 aromatic carbocycles. The van der Waals surface area contributed by atoms with Crippen LogP contribution in [0.1, 0.15) is 39.4 Å². The zero-order chi connectivity index (χ0) is 14.4. The Kier molecular flexibility index (Phi) is 2.93. The van der Waals surface area contributed by atoms with Gasteiger partial charge in [0.15, 0.2) is 0 Å². The summed E-state index contributed by atoms with van der Waals surface area (Å²) in [7, 11) is 0. The predicted molar refractivity (Wildman–Crippen MR) is 81.4 cm³/mol. The van der Waals surface area contributed by atoms with Crippen molar-refractivity contribution in [1.29, 1.82) is 0 Å². The van der Waals surface area contributed by atoms with Crippen molar-refractivity contribution in [3.05, 3.63) is 51.8 Å². The number of nitrogens with two attached hydrogens (primary N) is 1. The van der Waals surface area contributed by atoms with E-state index in [9.17, 15) is 0 Å². The van der Waals surface area contributed by atoms with Crippen LogP contribution in [-0.2, 0) is 0 Å². The Hall–Kier alpha value is -2.03. The number of fused-ring (bicyclic) bond motifs is 1. The molecule has 0 fully saturated rings. The standard InChI is InChI=1S/C17H20N2O/c1-9-5-6-14(19-7-9)13-8-20-17-11(3)10(2)16(18)12(4)15(13)17/h5-7,13H,8,18H2,1-4H3. The molecular weight excluding hydrogens is 248 g/mol. The molecule has 0 amide bonds. The molecule has 0 saturated heterocycles. The second-order valence-corrected chi connectivity index (χ2v) is 5.66. The highest BCUT2D eigenvalue weighted by Crippen LogP contribution is 2.45. The summed E-state index contributed by atoms with van der Waals surface area (Å²) < 4.78 is 5.95. The fourth-order valence-electron chi connectivity index (χ4n) is 2.95. The number of aromatic nitrogens is 1. The molecule has 1 unspecified atom stereocenters. The van der Waals surface area contributed by atoms with Crippen molar-refractivity contribution >= 4 is 5.69 Å². The highest BCUT2D eigenvalue weighted by molar-refractivity contribution is 5.67. The molecule has 2 N–H and O–H groups in total. The third-order valence-electron chi connectivity index (χ3n) is 4.39. The van der Waals surface area contributed by atoms with Gasteiger partial charge in [-0.25, -0.2) is 0 Å². The molecule has 2 heterocycles. The number of pyridine rings is 1. The van der Waals surface area contributed by atoms with E-state index in [1.165, 1.54) is 11.1 Å². The summed E-state index contributed by atoms with van der Waals surface area (Å²) in [5, 5.41) is 0. The summed E-state index contributed by atoms with van der Waals surface area (Å²) in [4.78, 5) is 4.56. The molecule has 2 aromatic rings. The lowest BCUT2D eigenvalue weighted by Gasteiger charge is -2.16. The Balaban J connectivity index is 2.17. The van der Waals surface area contributed by atoms with Crippen LogP contribution in [0.2, 0.25) is 0 Å². The molecule has 1 aromatic heterocycles. The number of ether oxygens (including phenoxy) is 1. The molecule has 20 heavy (non-hydrogen) atoms. The maximum atomic E-state index is 6.24. The molecule has 0 bridgehead atoms. The topological polar surface area (TPSA) is 48.1 Å². The average molecular weight is 268 g/mol. The van der Waals surface area contributed by atoms with Gasteiger partial charge in [-0.3, -0.25) is 4.98 Å². The van der Waals surface area contributed by atoms with Gasteiger partial charge in [0.25, 0.3) is 0 Å². The van der Waals surface area contributed by atoms with E-state index in [1.807, 2.05) is 13.1 Å². The molecule has 0 spiro atoms. The summed E-state index contributed by atoms with van der Waals surface area (Å²) in [5.41, 5.74) is 14.0. The maximum Gasteiger partial charge on any atom is 0.126 e. The van der Waals surface area contributed by atoms with Gasteiger partial charge in [0.1, 0.15) is 12.4 Å². The van der Waals surface area contributed by atoms with Crippen LogP contribution >= 0.6 is 0 Å². The van der Waals surface area contributed by atoms with E-state index >= 15 is 0 Å². The molecular formula is C17H20N2O. The van der Waals surface area contributed by atoms with Gasteiger partial charge in [-0.05, 0) is 56.0 Å². The number of hydrogen-bond acceptors (Lipinski definition) is 3. The Labute approximate surface area is 119 Å². The molecule has 1 aliphatic heterocycles. The van der Waals surface area contributed by atoms with Crippen LogP contribution in [0, 0.1) is 27.7 Å². The molecule has 0 radical (unpaired) electrons. The van der Waals surface area contributed by atoms with Crippen molar-refractivity contribution in [2.45, 2.75) is 33.6 Å². The van der Waals surface area contributed by atoms with Gasteiger partial charge in [0.2, 0.25) is 0 Å². The lowest BCUT2D eigenvalue weighted by molar-refractivity contribution is 0.339. The summed E-state index contributed by atoms with van der Waals surface area (Å²) in [6.07, 6.45) is 1.91. The number of anilines is 1. The second kappa shape index (κ2) is 4.51. The third kappa shape index (κ3) is 1.77. The van der Waals surface area contributed by atoms with Gasteiger partial charge < -0.3 is 10.5 Å². The van der Waals surface area contributed by atoms with E-state index in [1.54, 1.807) is 0 Å². The molecule has 0 saturated carbocycles. The van der Waals surface area contributed by atoms with Crippen LogP contribution in [0.15, 0.2) is 18.3 Å². The van der Waals surface area contributed by atoms with Crippen molar-refractivity contribution in [3.8, 4) is 5.75 Å². The van der Waals surface area contributed by atoms with Crippen molar-refractivity contribution in [2.75, 3.05) is 12.3 Å². The average Bonchev–Trinajstić information content (AvgIpc) is 2.88. The zero-order valence-electron chi connectivity index (χ0n) is 12.4. The van der Waals surface area contributed by atoms with Crippen LogP contribution in [-0.4, -0.2) is 11.6 Å². The highest BCUT2D eigenvalue weighted by atomic mass is 16.5. The molecule has 0 aliphatic carbocycles. The summed E-state index contributed by atoms with van der Waals surface area (Å²) >= 11 is 0. The zero-order valence-corrected chi connectivity index (χ0v) is 12.4. The van der Waals surface area contributed by atoms with E-state index < -0.39 is 0 Å². The molecule has 1 atom stereocenters. The monoisotopic (exact) mass is 268 g/mol. The molecule has 104 valence electrons. The first-order chi connectivity index (χ1) is 9.50. The van der Waals surface area contributed by atoms with Crippen molar-refractivity contribution in [1.82, 2.24) is 4.98 Å². The minimum Gasteiger partial charge on any atom is -0.492 e. The Bertz CT molecular complexity index is 675. The number of nitrogen functional groups attached to an aromatic ring is 1. The van der Waals surface area contributed by atoms with Gasteiger partial charge in [0, 0.05) is 17.4 Å². The summed E-state index contributed by atoms with van der Waals surface area (Å²) in [6.45, 7) is 8.91. The van der Waals surface area contributed by atoms with E-state index in [2.05, 4.69) is 37.9 Å². The Morgan fingerprint density at radius 1 is 1.10 bits per heavy atom. The fourth-order valence-corrected chi connectivity index (χ4v) is 2.95. The highest BCUT2D eigenvalue weighted by Gasteiger charge is 2.31. The number of aryl methyl sites for hydroxylation is 1. The van der Waals surface area contributed by atoms with Crippen LogP contribution in [0.3, 0.4) is 0 Å². The van der Waals surface area contributed by atoms with Crippen LogP contribution in [0.5, 0.6) is 5.75 Å². The van der Waals surface area contributed by atoms with E-state index in [-0.39, 0.29) is 5.92 Å². The predicted octanol–water partition coefficient (Wildman–Crippen LogP) is 3.42. The van der Waals surface area contributed by atoms with Crippen LogP contribution in [0.4, 0.5) is 5.69 Å². The SMILES string of the molecule is Cc1ccc(C2COc3c(C)c(C)c(N)c(C)c32)nc1. The second-order valence-electron chi connectivity index (χ2n) is 5.66. The van der Waals surface area contributed by atoms with Crippen molar-refractivity contribution < 1.29 is 4.74 Å². The van der Waals surface area contributed by atoms with E-state index in [4.69, 9.17) is 10.5 Å². The van der Waals surface area contributed by atoms with Gasteiger partial charge in [0.05, 0.1) is 11.6 Å². The van der Waals surface area contributed by atoms with Crippen LogP contribution < -0.4 is 10.5 Å². The largest absolute Gasteiger partial charge is 0.492 e. The lowest BCUT2D eigenvalue weighted by atomic mass is 9.88. The molecule has 3 heteroatoms. The number of hydrogen-bond donors (Lipinski definition) is 1. The van der Waals surface area contributed by atoms with Gasteiger partial charge >= 0.3 is 0 Å². The Morgan fingerprint density at radius 3 is 2.50 bits per heavy atom. The first-order valence-electron chi connectivity index (χ1n) is 6.95. The van der Waals surface area contributed by atoms with Crippen molar-refractivity contribution in [3.63, 3.8) is 0 Å². The molecule has 1 aliphatic rings. The number of benzene rings is 1. The van der Waals surface area contributed by atoms with Crippen molar-refractivity contribution in [2.24, 2.45) is 0 Å². The minimum absolute atomic E-state index is 0.187. The first-order valence-corrected chi connectivity index (χ1v) is 6.95. The maximum absolute atomic E-state index is 6.24. The lowest BCUT2D eigenvalue weighted by Crippen LogP contribution is -2.07. The van der Waals surface area contributed by atoms with Gasteiger partial charge in [-0.15, -0.1) is 0 Å². The molecule has 3 rings (SSSR count). The molecule has 3 nitrogen and oxygen atoms in total. The van der Waals surface area contributed by atoms with Gasteiger partial charge in [-0.2, -0.15) is 0 Å². The normalized spacial score (nSPS) is 16.9. The third-order valence-corrected chi connectivity index (χ3v) is 4.39. The first kappa shape index (κ1) is 13.0. The summed E-state index contributed by atoms with van der Waals surface area (Å²) in [6, 6.07) is 4.18. The quantitative estimate of drug-likeness (QED) is 0.806. The fraction of sp³-hybridized carbons (Fsp3) is 0.353. The number of nitrogens with zero attached hydrogens (tertiary/aromatic N) is 1. The van der Waals surface area contributed by atoms with E-state index in [0.717, 1.165) is 33.8 Å². The smallest absolute Gasteiger partial charge is 0.126 e. The number of rotatable bonds is 1. The minimum atomic E-state index is 0.187. The van der Waals surface area contributed by atoms with Crippen LogP contribution in [0.25, 0.3) is 0 Å². The Morgan fingerprint density at radius 2 is 1.85 bits per heavy atom. The van der Waals surface area contributed by atoms with Gasteiger partial charge in [-0.1, -0.05) is 6.07 Å². The summed E-state index contributed by atoms with van der Waals surface area (Å²) in [5.74, 6) is 1.19. The van der Waals surface area contributed by atoms with E-state index in [0.29, 0.717) is 6.61 Å².